The van der Waals surface area contributed by atoms with Crippen molar-refractivity contribution in [3.63, 3.8) is 0 Å². The second-order valence-corrected chi connectivity index (χ2v) is 7.30. The molecule has 28 heavy (non-hydrogen) atoms. The first-order valence-electron chi connectivity index (χ1n) is 9.07. The van der Waals surface area contributed by atoms with Gasteiger partial charge in [-0.1, -0.05) is 32.0 Å². The highest BCUT2D eigenvalue weighted by atomic mass is 19.4. The van der Waals surface area contributed by atoms with Crippen molar-refractivity contribution < 1.29 is 27.1 Å². The van der Waals surface area contributed by atoms with E-state index >= 15 is 0 Å². The van der Waals surface area contributed by atoms with Crippen LogP contribution in [0.2, 0.25) is 0 Å². The van der Waals surface area contributed by atoms with Crippen molar-refractivity contribution in [1.82, 2.24) is 4.90 Å². The molecule has 0 heterocycles. The van der Waals surface area contributed by atoms with E-state index in [2.05, 4.69) is 0 Å². The highest BCUT2D eigenvalue weighted by Gasteiger charge is 2.30. The van der Waals surface area contributed by atoms with Gasteiger partial charge in [0.15, 0.2) is 11.6 Å². The van der Waals surface area contributed by atoms with E-state index in [-0.39, 0.29) is 0 Å². The van der Waals surface area contributed by atoms with Crippen LogP contribution in [0, 0.1) is 17.6 Å². The van der Waals surface area contributed by atoms with E-state index < -0.39 is 29.5 Å². The SMILES string of the molecule is CC(C)CN(CCC(O)c1ccc(C(F)(F)F)cc1)Cc1ccc(F)c(F)c1. The van der Waals surface area contributed by atoms with E-state index in [1.807, 2.05) is 18.7 Å². The van der Waals surface area contributed by atoms with Crippen molar-refractivity contribution in [3.05, 3.63) is 70.8 Å². The maximum absolute atomic E-state index is 13.4. The summed E-state index contributed by atoms with van der Waals surface area (Å²) < 4.78 is 64.4. The Morgan fingerprint density at radius 2 is 1.61 bits per heavy atom. The van der Waals surface area contributed by atoms with Gasteiger partial charge in [0.1, 0.15) is 0 Å². The molecular weight excluding hydrogens is 377 g/mol. The predicted octanol–water partition coefficient (Wildman–Crippen LogP) is 5.57. The van der Waals surface area contributed by atoms with Crippen LogP contribution < -0.4 is 0 Å². The van der Waals surface area contributed by atoms with Crippen molar-refractivity contribution >= 4 is 0 Å². The first kappa shape index (κ1) is 22.3. The van der Waals surface area contributed by atoms with E-state index in [0.29, 0.717) is 43.1 Å². The highest BCUT2D eigenvalue weighted by molar-refractivity contribution is 5.26. The highest BCUT2D eigenvalue weighted by Crippen LogP contribution is 2.30. The molecule has 2 aromatic carbocycles. The fourth-order valence-corrected chi connectivity index (χ4v) is 3.01. The summed E-state index contributed by atoms with van der Waals surface area (Å²) in [7, 11) is 0. The van der Waals surface area contributed by atoms with Crippen molar-refractivity contribution in [2.24, 2.45) is 5.92 Å². The number of rotatable bonds is 8. The van der Waals surface area contributed by atoms with Crippen LogP contribution in [0.25, 0.3) is 0 Å². The minimum absolute atomic E-state index is 0.307. The minimum Gasteiger partial charge on any atom is -0.388 e. The largest absolute Gasteiger partial charge is 0.416 e. The summed E-state index contributed by atoms with van der Waals surface area (Å²) in [5.74, 6) is -1.50. The van der Waals surface area contributed by atoms with E-state index in [4.69, 9.17) is 0 Å². The molecule has 2 nitrogen and oxygen atoms in total. The Labute approximate surface area is 161 Å². The normalized spacial score (nSPS) is 13.4. The third-order valence-corrected chi connectivity index (χ3v) is 4.36. The first-order valence-corrected chi connectivity index (χ1v) is 9.07. The molecule has 0 aromatic heterocycles. The lowest BCUT2D eigenvalue weighted by molar-refractivity contribution is -0.137. The molecule has 7 heteroatoms. The van der Waals surface area contributed by atoms with Crippen LogP contribution in [-0.4, -0.2) is 23.1 Å². The zero-order valence-electron chi connectivity index (χ0n) is 15.8. The molecule has 2 rings (SSSR count). The summed E-state index contributed by atoms with van der Waals surface area (Å²) in [6.07, 6.45) is -5.02. The standard InChI is InChI=1S/C21H24F5NO/c1-14(2)12-27(13-15-3-8-18(22)19(23)11-15)10-9-20(28)16-4-6-17(7-5-16)21(24,25)26/h3-8,11,14,20,28H,9-10,12-13H2,1-2H3. The molecule has 0 aliphatic heterocycles. The summed E-state index contributed by atoms with van der Waals surface area (Å²) >= 11 is 0. The lowest BCUT2D eigenvalue weighted by atomic mass is 10.0. The van der Waals surface area contributed by atoms with Crippen molar-refractivity contribution in [2.75, 3.05) is 13.1 Å². The lowest BCUT2D eigenvalue weighted by Gasteiger charge is -2.25. The van der Waals surface area contributed by atoms with Crippen LogP contribution in [0.15, 0.2) is 42.5 Å². The molecule has 1 N–H and O–H groups in total. The minimum atomic E-state index is -4.41. The Bertz CT molecular complexity index is 758. The smallest absolute Gasteiger partial charge is 0.388 e. The fraction of sp³-hybridized carbons (Fsp3) is 0.429. The lowest BCUT2D eigenvalue weighted by Crippen LogP contribution is -2.29. The molecular formula is C21H24F5NO. The molecule has 0 spiro atoms. The van der Waals surface area contributed by atoms with E-state index in [0.717, 1.165) is 24.3 Å². The molecule has 0 radical (unpaired) electrons. The van der Waals surface area contributed by atoms with Gasteiger partial charge in [0.25, 0.3) is 0 Å². The summed E-state index contributed by atoms with van der Waals surface area (Å²) in [5, 5.41) is 10.3. The van der Waals surface area contributed by atoms with Gasteiger partial charge in [-0.2, -0.15) is 13.2 Å². The molecule has 0 aliphatic rings. The van der Waals surface area contributed by atoms with Gasteiger partial charge < -0.3 is 5.11 Å². The summed E-state index contributed by atoms with van der Waals surface area (Å²) in [5.41, 5.74) is 0.261. The summed E-state index contributed by atoms with van der Waals surface area (Å²) in [4.78, 5) is 2.00. The Morgan fingerprint density at radius 3 is 2.14 bits per heavy atom. The number of aliphatic hydroxyl groups excluding tert-OH is 1. The molecule has 2 aromatic rings. The third kappa shape index (κ3) is 6.56. The molecule has 0 amide bonds. The van der Waals surface area contributed by atoms with Gasteiger partial charge in [-0.25, -0.2) is 8.78 Å². The van der Waals surface area contributed by atoms with Gasteiger partial charge in [-0.15, -0.1) is 0 Å². The van der Waals surface area contributed by atoms with E-state index in [1.54, 1.807) is 0 Å². The number of alkyl halides is 3. The van der Waals surface area contributed by atoms with Gasteiger partial charge in [-0.3, -0.25) is 4.90 Å². The molecule has 0 bridgehead atoms. The number of benzene rings is 2. The first-order chi connectivity index (χ1) is 13.1. The van der Waals surface area contributed by atoms with Crippen LogP contribution in [0.4, 0.5) is 22.0 Å². The molecule has 0 saturated carbocycles. The Kier molecular flexibility index (Phi) is 7.55. The van der Waals surface area contributed by atoms with E-state index in [9.17, 15) is 27.1 Å². The molecule has 1 atom stereocenters. The number of hydrogen-bond donors (Lipinski definition) is 1. The van der Waals surface area contributed by atoms with Crippen LogP contribution >= 0.6 is 0 Å². The zero-order chi connectivity index (χ0) is 20.9. The number of nitrogens with zero attached hydrogens (tertiary/aromatic N) is 1. The Balaban J connectivity index is 2.00. The quantitative estimate of drug-likeness (QED) is 0.585. The predicted molar refractivity (Wildman–Crippen MR) is 97.5 cm³/mol. The van der Waals surface area contributed by atoms with E-state index in [1.165, 1.54) is 18.2 Å². The van der Waals surface area contributed by atoms with Crippen molar-refractivity contribution in [3.8, 4) is 0 Å². The molecule has 0 aliphatic carbocycles. The van der Waals surface area contributed by atoms with Gasteiger partial charge in [0.2, 0.25) is 0 Å². The van der Waals surface area contributed by atoms with Crippen LogP contribution in [0.1, 0.15) is 43.1 Å². The fourth-order valence-electron chi connectivity index (χ4n) is 3.01. The van der Waals surface area contributed by atoms with Gasteiger partial charge in [0, 0.05) is 19.6 Å². The number of hydrogen-bond acceptors (Lipinski definition) is 2. The van der Waals surface area contributed by atoms with Crippen molar-refractivity contribution in [2.45, 2.75) is 39.1 Å². The average molecular weight is 401 g/mol. The summed E-state index contributed by atoms with van der Waals surface area (Å²) in [6.45, 7) is 5.56. The van der Waals surface area contributed by atoms with Gasteiger partial charge in [-0.05, 0) is 47.7 Å². The zero-order valence-corrected chi connectivity index (χ0v) is 15.8. The maximum Gasteiger partial charge on any atom is 0.416 e. The number of aliphatic hydroxyl groups is 1. The average Bonchev–Trinajstić information content (AvgIpc) is 2.61. The molecule has 1 unspecified atom stereocenters. The second-order valence-electron chi connectivity index (χ2n) is 7.30. The van der Waals surface area contributed by atoms with Gasteiger partial charge in [0.05, 0.1) is 11.7 Å². The van der Waals surface area contributed by atoms with Crippen LogP contribution in [-0.2, 0) is 12.7 Å². The number of halogens is 5. The van der Waals surface area contributed by atoms with Crippen LogP contribution in [0.3, 0.4) is 0 Å². The van der Waals surface area contributed by atoms with Gasteiger partial charge >= 0.3 is 6.18 Å². The molecule has 0 fully saturated rings. The third-order valence-electron chi connectivity index (χ3n) is 4.36. The maximum atomic E-state index is 13.4. The molecule has 154 valence electrons. The van der Waals surface area contributed by atoms with Crippen LogP contribution in [0.5, 0.6) is 0 Å². The topological polar surface area (TPSA) is 23.5 Å². The monoisotopic (exact) mass is 401 g/mol. The molecule has 0 saturated heterocycles. The van der Waals surface area contributed by atoms with Crippen molar-refractivity contribution in [1.29, 1.82) is 0 Å². The summed E-state index contributed by atoms with van der Waals surface area (Å²) in [6, 6.07) is 8.19. The Hall–Kier alpha value is -1.99. The Morgan fingerprint density at radius 1 is 0.964 bits per heavy atom. The second kappa shape index (κ2) is 9.47.